The molecule has 104 valence electrons. The molecule has 0 radical (unpaired) electrons. The van der Waals surface area contributed by atoms with Gasteiger partial charge in [-0.1, -0.05) is 13.3 Å². The molecule has 0 saturated carbocycles. The van der Waals surface area contributed by atoms with E-state index in [2.05, 4.69) is 4.98 Å². The molecule has 0 saturated heterocycles. The van der Waals surface area contributed by atoms with Gasteiger partial charge >= 0.3 is 0 Å². The summed E-state index contributed by atoms with van der Waals surface area (Å²) in [5.74, 6) is -0.00889. The van der Waals surface area contributed by atoms with E-state index in [0.29, 0.717) is 13.0 Å². The van der Waals surface area contributed by atoms with Crippen LogP contribution in [0.5, 0.6) is 0 Å². The van der Waals surface area contributed by atoms with Gasteiger partial charge in [0, 0.05) is 18.1 Å². The van der Waals surface area contributed by atoms with Gasteiger partial charge in [-0.2, -0.15) is 0 Å². The smallest absolute Gasteiger partial charge is 0.242 e. The maximum absolute atomic E-state index is 12.2. The standard InChI is InChI=1S/C12H21N3OS.ClH/c1-5-6-12(3,13)11(16)15(4)8-10-7-14-9(2)17-10;/h7H,5-6,8,13H2,1-4H3;1H. The van der Waals surface area contributed by atoms with Crippen molar-refractivity contribution in [1.29, 1.82) is 0 Å². The number of hydrogen-bond acceptors (Lipinski definition) is 4. The first kappa shape index (κ1) is 17.4. The van der Waals surface area contributed by atoms with Crippen molar-refractivity contribution in [3.05, 3.63) is 16.1 Å². The Labute approximate surface area is 119 Å². The number of halogens is 1. The van der Waals surface area contributed by atoms with E-state index in [1.807, 2.05) is 20.0 Å². The number of rotatable bonds is 5. The van der Waals surface area contributed by atoms with Crippen LogP contribution in [0.3, 0.4) is 0 Å². The van der Waals surface area contributed by atoms with Crippen LogP contribution in [0, 0.1) is 6.92 Å². The maximum Gasteiger partial charge on any atom is 0.242 e. The SMILES string of the molecule is CCCC(C)(N)C(=O)N(C)Cc1cnc(C)s1.Cl. The molecule has 0 aliphatic rings. The first-order valence-corrected chi connectivity index (χ1v) is 6.64. The van der Waals surface area contributed by atoms with Crippen molar-refractivity contribution in [2.75, 3.05) is 7.05 Å². The molecule has 0 aromatic carbocycles. The number of amides is 1. The largest absolute Gasteiger partial charge is 0.339 e. The van der Waals surface area contributed by atoms with E-state index in [9.17, 15) is 4.79 Å². The summed E-state index contributed by atoms with van der Waals surface area (Å²) in [6, 6.07) is 0. The molecule has 1 atom stereocenters. The van der Waals surface area contributed by atoms with E-state index in [1.165, 1.54) is 0 Å². The third-order valence-electron chi connectivity index (χ3n) is 2.67. The number of carbonyl (C=O) groups excluding carboxylic acids is 1. The number of carbonyl (C=O) groups is 1. The Kier molecular flexibility index (Phi) is 6.81. The van der Waals surface area contributed by atoms with Crippen molar-refractivity contribution < 1.29 is 4.79 Å². The molecular formula is C12H22ClN3OS. The van der Waals surface area contributed by atoms with Crippen LogP contribution >= 0.6 is 23.7 Å². The molecule has 1 amide bonds. The number of likely N-dealkylation sites (N-methyl/N-ethyl adjacent to an activating group) is 1. The monoisotopic (exact) mass is 291 g/mol. The van der Waals surface area contributed by atoms with Crippen LogP contribution in [0.4, 0.5) is 0 Å². The maximum atomic E-state index is 12.2. The molecular weight excluding hydrogens is 270 g/mol. The molecule has 6 heteroatoms. The van der Waals surface area contributed by atoms with Gasteiger partial charge in [0.1, 0.15) is 0 Å². The molecule has 0 spiro atoms. The highest BCUT2D eigenvalue weighted by molar-refractivity contribution is 7.11. The molecule has 0 bridgehead atoms. The molecule has 2 N–H and O–H groups in total. The van der Waals surface area contributed by atoms with Crippen molar-refractivity contribution in [3.63, 3.8) is 0 Å². The summed E-state index contributed by atoms with van der Waals surface area (Å²) >= 11 is 1.61. The molecule has 0 aliphatic carbocycles. The second-order valence-electron chi connectivity index (χ2n) is 4.67. The predicted octanol–water partition coefficient (Wildman–Crippen LogP) is 2.35. The number of thiazole rings is 1. The van der Waals surface area contributed by atoms with E-state index in [-0.39, 0.29) is 18.3 Å². The fourth-order valence-corrected chi connectivity index (χ4v) is 2.69. The highest BCUT2D eigenvalue weighted by atomic mass is 35.5. The zero-order valence-electron chi connectivity index (χ0n) is 11.4. The van der Waals surface area contributed by atoms with Gasteiger partial charge in [-0.25, -0.2) is 4.98 Å². The molecule has 1 unspecified atom stereocenters. The molecule has 1 aromatic heterocycles. The quantitative estimate of drug-likeness (QED) is 0.906. The summed E-state index contributed by atoms with van der Waals surface area (Å²) in [6.45, 7) is 6.37. The van der Waals surface area contributed by atoms with Crippen molar-refractivity contribution in [2.24, 2.45) is 5.73 Å². The van der Waals surface area contributed by atoms with Crippen LogP contribution < -0.4 is 5.73 Å². The summed E-state index contributed by atoms with van der Waals surface area (Å²) in [5.41, 5.74) is 5.27. The van der Waals surface area contributed by atoms with Gasteiger partial charge in [0.05, 0.1) is 17.1 Å². The highest BCUT2D eigenvalue weighted by Crippen LogP contribution is 2.17. The average molecular weight is 292 g/mol. The molecule has 1 aromatic rings. The highest BCUT2D eigenvalue weighted by Gasteiger charge is 2.30. The summed E-state index contributed by atoms with van der Waals surface area (Å²) in [7, 11) is 1.79. The van der Waals surface area contributed by atoms with Crippen LogP contribution in [0.1, 0.15) is 36.6 Å². The molecule has 1 rings (SSSR count). The Hall–Kier alpha value is -0.650. The first-order chi connectivity index (χ1) is 7.86. The van der Waals surface area contributed by atoms with Crippen molar-refractivity contribution >= 4 is 29.7 Å². The van der Waals surface area contributed by atoms with Gasteiger partial charge in [0.25, 0.3) is 0 Å². The van der Waals surface area contributed by atoms with Gasteiger partial charge in [-0.3, -0.25) is 4.79 Å². The molecule has 1 heterocycles. The number of nitrogens with zero attached hydrogens (tertiary/aromatic N) is 2. The topological polar surface area (TPSA) is 59.2 Å². The third kappa shape index (κ3) is 4.55. The number of hydrogen-bond donors (Lipinski definition) is 1. The van der Waals surface area contributed by atoms with Crippen LogP contribution in [-0.4, -0.2) is 28.4 Å². The minimum atomic E-state index is -0.761. The molecule has 0 aliphatic heterocycles. The second kappa shape index (κ2) is 7.07. The van der Waals surface area contributed by atoms with E-state index in [1.54, 1.807) is 30.2 Å². The number of nitrogens with two attached hydrogens (primary N) is 1. The van der Waals surface area contributed by atoms with Gasteiger partial charge in [-0.05, 0) is 20.3 Å². The van der Waals surface area contributed by atoms with Crippen molar-refractivity contribution in [3.8, 4) is 0 Å². The Bertz CT molecular complexity index is 392. The van der Waals surface area contributed by atoms with Gasteiger partial charge in [0.2, 0.25) is 5.91 Å². The Balaban J connectivity index is 0.00000289. The normalized spacial score (nSPS) is 13.6. The van der Waals surface area contributed by atoms with Gasteiger partial charge < -0.3 is 10.6 Å². The minimum Gasteiger partial charge on any atom is -0.339 e. The fraction of sp³-hybridized carbons (Fsp3) is 0.667. The Morgan fingerprint density at radius 2 is 2.22 bits per heavy atom. The lowest BCUT2D eigenvalue weighted by molar-refractivity contribution is -0.135. The van der Waals surface area contributed by atoms with Crippen molar-refractivity contribution in [1.82, 2.24) is 9.88 Å². The average Bonchev–Trinajstić information content (AvgIpc) is 2.62. The lowest BCUT2D eigenvalue weighted by Gasteiger charge is -2.28. The lowest BCUT2D eigenvalue weighted by atomic mass is 9.96. The van der Waals surface area contributed by atoms with E-state index in [0.717, 1.165) is 16.3 Å². The van der Waals surface area contributed by atoms with Crippen LogP contribution in [0.25, 0.3) is 0 Å². The summed E-state index contributed by atoms with van der Waals surface area (Å²) in [4.78, 5) is 19.1. The van der Waals surface area contributed by atoms with E-state index in [4.69, 9.17) is 5.73 Å². The van der Waals surface area contributed by atoms with Crippen LogP contribution in [-0.2, 0) is 11.3 Å². The van der Waals surface area contributed by atoms with E-state index >= 15 is 0 Å². The number of aromatic nitrogens is 1. The van der Waals surface area contributed by atoms with Crippen LogP contribution in [0.15, 0.2) is 6.20 Å². The first-order valence-electron chi connectivity index (χ1n) is 5.82. The second-order valence-corrected chi connectivity index (χ2v) is 5.99. The summed E-state index contributed by atoms with van der Waals surface area (Å²) in [5, 5.41) is 1.02. The Morgan fingerprint density at radius 3 is 2.67 bits per heavy atom. The van der Waals surface area contributed by atoms with Crippen LogP contribution in [0.2, 0.25) is 0 Å². The third-order valence-corrected chi connectivity index (χ3v) is 3.56. The molecule has 18 heavy (non-hydrogen) atoms. The minimum absolute atomic E-state index is 0. The van der Waals surface area contributed by atoms with E-state index < -0.39 is 5.54 Å². The van der Waals surface area contributed by atoms with Crippen molar-refractivity contribution in [2.45, 2.75) is 45.7 Å². The summed E-state index contributed by atoms with van der Waals surface area (Å²) in [6.07, 6.45) is 3.43. The zero-order chi connectivity index (χ0) is 13.1. The van der Waals surface area contributed by atoms with Gasteiger partial charge in [-0.15, -0.1) is 23.7 Å². The predicted molar refractivity (Wildman–Crippen MR) is 78.1 cm³/mol. The molecule has 0 fully saturated rings. The lowest BCUT2D eigenvalue weighted by Crippen LogP contribution is -2.51. The molecule has 4 nitrogen and oxygen atoms in total. The number of aryl methyl sites for hydroxylation is 1. The summed E-state index contributed by atoms with van der Waals surface area (Å²) < 4.78 is 0. The van der Waals surface area contributed by atoms with Gasteiger partial charge in [0.15, 0.2) is 0 Å². The fourth-order valence-electron chi connectivity index (χ4n) is 1.85. The zero-order valence-corrected chi connectivity index (χ0v) is 13.0. The Morgan fingerprint density at radius 1 is 1.61 bits per heavy atom.